The van der Waals surface area contributed by atoms with Crippen LogP contribution in [0.25, 0.3) is 0 Å². The lowest BCUT2D eigenvalue weighted by Crippen LogP contribution is -2.51. The largest absolute Gasteiger partial charge is 0.320 e. The first-order valence-electron chi connectivity index (χ1n) is 3.92. The first kappa shape index (κ1) is 10.0. The van der Waals surface area contributed by atoms with Crippen molar-refractivity contribution in [3.63, 3.8) is 0 Å². The smallest absolute Gasteiger partial charge is 0.220 e. The third-order valence-electron chi connectivity index (χ3n) is 1.52. The summed E-state index contributed by atoms with van der Waals surface area (Å²) in [4.78, 5) is 2.33. The van der Waals surface area contributed by atoms with Crippen molar-refractivity contribution in [1.29, 1.82) is 0 Å². The summed E-state index contributed by atoms with van der Waals surface area (Å²) in [6, 6.07) is 0. The molecular formula is C6H18B2N2. The van der Waals surface area contributed by atoms with E-state index in [-0.39, 0.29) is 0 Å². The zero-order valence-electron chi connectivity index (χ0n) is 8.05. The van der Waals surface area contributed by atoms with Gasteiger partial charge in [0.15, 0.2) is 0 Å². The second-order valence-electron chi connectivity index (χ2n) is 3.41. The normalized spacial score (nSPS) is 10.8. The molecule has 0 aromatic carbocycles. The van der Waals surface area contributed by atoms with Gasteiger partial charge in [-0.3, -0.25) is 5.01 Å². The highest BCUT2D eigenvalue weighted by Gasteiger charge is 2.19. The minimum atomic E-state index is 0.593. The van der Waals surface area contributed by atoms with Gasteiger partial charge in [-0.05, 0) is 14.1 Å². The Balaban J connectivity index is 3.98. The van der Waals surface area contributed by atoms with Gasteiger partial charge in [0.25, 0.3) is 0 Å². The summed E-state index contributed by atoms with van der Waals surface area (Å²) < 4.78 is 0. The Bertz CT molecular complexity index is 74.7. The Morgan fingerprint density at radius 3 is 1.10 bits per heavy atom. The van der Waals surface area contributed by atoms with E-state index in [2.05, 4.69) is 51.2 Å². The van der Waals surface area contributed by atoms with Crippen molar-refractivity contribution in [3.8, 4) is 0 Å². The molecule has 0 radical (unpaired) electrons. The van der Waals surface area contributed by atoms with E-state index in [1.807, 2.05) is 0 Å². The molecule has 0 amide bonds. The van der Waals surface area contributed by atoms with Crippen LogP contribution in [0.4, 0.5) is 0 Å². The minimum absolute atomic E-state index is 0.593. The lowest BCUT2D eigenvalue weighted by molar-refractivity contribution is 0.218. The number of hydrogen-bond acceptors (Lipinski definition) is 2. The highest BCUT2D eigenvalue weighted by Crippen LogP contribution is 2.00. The molecule has 2 nitrogen and oxygen atoms in total. The van der Waals surface area contributed by atoms with Crippen molar-refractivity contribution in [2.45, 2.75) is 27.3 Å². The second-order valence-corrected chi connectivity index (χ2v) is 3.41. The quantitative estimate of drug-likeness (QED) is 0.430. The van der Waals surface area contributed by atoms with E-state index in [0.717, 1.165) is 0 Å². The maximum absolute atomic E-state index is 2.33. The molecule has 4 heteroatoms. The molecule has 0 aliphatic carbocycles. The van der Waals surface area contributed by atoms with E-state index in [9.17, 15) is 0 Å². The summed E-state index contributed by atoms with van der Waals surface area (Å²) in [7, 11) is 4.17. The molecule has 0 unspecified atom stereocenters. The van der Waals surface area contributed by atoms with Gasteiger partial charge in [-0.25, -0.2) is 0 Å². The van der Waals surface area contributed by atoms with Gasteiger partial charge in [0.1, 0.15) is 0 Å². The monoisotopic (exact) mass is 140 g/mol. The van der Waals surface area contributed by atoms with Crippen LogP contribution in [0, 0.1) is 0 Å². The molecule has 0 saturated carbocycles. The van der Waals surface area contributed by atoms with Crippen LogP contribution in [0.5, 0.6) is 0 Å². The fourth-order valence-corrected chi connectivity index (χ4v) is 1.52. The number of hydrogen-bond donors (Lipinski definition) is 0. The minimum Gasteiger partial charge on any atom is -0.320 e. The molecule has 0 aromatic rings. The topological polar surface area (TPSA) is 6.48 Å². The predicted molar refractivity (Wildman–Crippen MR) is 50.5 cm³/mol. The summed E-state index contributed by atoms with van der Waals surface area (Å²) in [5.41, 5.74) is 0. The zero-order chi connectivity index (χ0) is 8.31. The Labute approximate surface area is 65.7 Å². The van der Waals surface area contributed by atoms with Crippen LogP contribution in [0.3, 0.4) is 0 Å². The Kier molecular flexibility index (Phi) is 4.06. The first-order valence-corrected chi connectivity index (χ1v) is 3.92. The van der Waals surface area contributed by atoms with Crippen LogP contribution >= 0.6 is 0 Å². The van der Waals surface area contributed by atoms with E-state index in [0.29, 0.717) is 13.7 Å². The van der Waals surface area contributed by atoms with Crippen LogP contribution in [-0.2, 0) is 0 Å². The van der Waals surface area contributed by atoms with Gasteiger partial charge in [-0.15, -0.1) is 0 Å². The summed E-state index contributed by atoms with van der Waals surface area (Å²) in [6.45, 7) is 10.0. The second kappa shape index (κ2) is 4.04. The third kappa shape index (κ3) is 2.76. The Morgan fingerprint density at radius 1 is 0.800 bits per heavy atom. The molecule has 0 atom stereocenters. The lowest BCUT2D eigenvalue weighted by Gasteiger charge is -2.34. The number of nitrogens with zero attached hydrogens (tertiary/aromatic N) is 2. The SMILES string of the molecule is CB(C)N(B(C)C)N(C)C. The molecule has 0 spiro atoms. The summed E-state index contributed by atoms with van der Waals surface area (Å²) in [5, 5.41) is 2.15. The van der Waals surface area contributed by atoms with Gasteiger partial charge < -0.3 is 4.83 Å². The standard InChI is InChI=1S/C6H18B2N2/c1-7(2)10(8(3)4)9(5)6/h1-6H3. The molecule has 0 saturated heterocycles. The average molecular weight is 140 g/mol. The summed E-state index contributed by atoms with van der Waals surface area (Å²) in [5.74, 6) is 0. The number of hydrazine groups is 1. The molecule has 0 bridgehead atoms. The summed E-state index contributed by atoms with van der Waals surface area (Å²) in [6.07, 6.45) is 0. The fourth-order valence-electron chi connectivity index (χ4n) is 1.52. The van der Waals surface area contributed by atoms with E-state index in [1.54, 1.807) is 0 Å². The van der Waals surface area contributed by atoms with Crippen molar-refractivity contribution in [3.05, 3.63) is 0 Å². The average Bonchev–Trinajstić information content (AvgIpc) is 1.59. The van der Waals surface area contributed by atoms with E-state index >= 15 is 0 Å². The molecule has 0 heterocycles. The van der Waals surface area contributed by atoms with Crippen LogP contribution in [-0.4, -0.2) is 37.6 Å². The van der Waals surface area contributed by atoms with Crippen molar-refractivity contribution in [1.82, 2.24) is 9.84 Å². The third-order valence-corrected chi connectivity index (χ3v) is 1.52. The van der Waals surface area contributed by atoms with Crippen LogP contribution < -0.4 is 0 Å². The van der Waals surface area contributed by atoms with Crippen molar-refractivity contribution < 1.29 is 0 Å². The van der Waals surface area contributed by atoms with Gasteiger partial charge in [-0.2, -0.15) is 0 Å². The maximum atomic E-state index is 2.33. The lowest BCUT2D eigenvalue weighted by atomic mass is 9.53. The van der Waals surface area contributed by atoms with Gasteiger partial charge in [0.05, 0.1) is 0 Å². The highest BCUT2D eigenvalue weighted by molar-refractivity contribution is 6.69. The van der Waals surface area contributed by atoms with Crippen LogP contribution in [0.15, 0.2) is 0 Å². The van der Waals surface area contributed by atoms with Crippen molar-refractivity contribution in [2.75, 3.05) is 14.1 Å². The molecule has 0 fully saturated rings. The van der Waals surface area contributed by atoms with Gasteiger partial charge >= 0.3 is 0 Å². The maximum Gasteiger partial charge on any atom is 0.220 e. The van der Waals surface area contributed by atoms with Crippen LogP contribution in [0.1, 0.15) is 0 Å². The Morgan fingerprint density at radius 2 is 1.10 bits per heavy atom. The molecule has 58 valence electrons. The fraction of sp³-hybridized carbons (Fsp3) is 1.00. The van der Waals surface area contributed by atoms with E-state index in [1.165, 1.54) is 0 Å². The predicted octanol–water partition coefficient (Wildman–Crippen LogP) is 1.27. The molecular weight excluding hydrogens is 122 g/mol. The number of rotatable bonds is 3. The van der Waals surface area contributed by atoms with E-state index < -0.39 is 0 Å². The summed E-state index contributed by atoms with van der Waals surface area (Å²) >= 11 is 0. The van der Waals surface area contributed by atoms with Crippen molar-refractivity contribution >= 4 is 13.7 Å². The highest BCUT2D eigenvalue weighted by atomic mass is 15.5. The van der Waals surface area contributed by atoms with Crippen LogP contribution in [0.2, 0.25) is 27.3 Å². The molecule has 0 aromatic heterocycles. The van der Waals surface area contributed by atoms with Gasteiger partial charge in [0, 0.05) is 0 Å². The zero-order valence-corrected chi connectivity index (χ0v) is 8.05. The molecule has 10 heavy (non-hydrogen) atoms. The Hall–Kier alpha value is 0.0499. The van der Waals surface area contributed by atoms with Crippen molar-refractivity contribution in [2.24, 2.45) is 0 Å². The van der Waals surface area contributed by atoms with Gasteiger partial charge in [-0.1, -0.05) is 27.3 Å². The molecule has 0 aliphatic heterocycles. The van der Waals surface area contributed by atoms with E-state index in [4.69, 9.17) is 0 Å². The molecule has 0 aliphatic rings. The first-order chi connectivity index (χ1) is 4.46. The van der Waals surface area contributed by atoms with Gasteiger partial charge in [0.2, 0.25) is 13.7 Å². The molecule has 0 N–H and O–H groups in total. The molecule has 0 rings (SSSR count).